The van der Waals surface area contributed by atoms with E-state index in [2.05, 4.69) is 47.5 Å². The molecule has 0 aromatic carbocycles. The van der Waals surface area contributed by atoms with E-state index in [9.17, 15) is 65.9 Å². The smallest absolute Gasteiger partial charge is 1.00 e. The van der Waals surface area contributed by atoms with Crippen LogP contribution in [-0.2, 0) is 25.0 Å². The molecule has 44 heavy (non-hydrogen) atoms. The minimum absolute atomic E-state index is 0. The molecule has 0 amide bonds. The molecule has 0 spiro atoms. The van der Waals surface area contributed by atoms with Crippen molar-refractivity contribution in [3.05, 3.63) is 0 Å². The summed E-state index contributed by atoms with van der Waals surface area (Å²) in [5.41, 5.74) is 0. The molecule has 2 aliphatic heterocycles. The molecule has 0 saturated carbocycles. The summed E-state index contributed by atoms with van der Waals surface area (Å²) < 4.78 is 145. The fourth-order valence-corrected chi connectivity index (χ4v) is 2.76. The SMILES string of the molecule is CC(C)=O.CCN1CCN(C)C1.CCN1CCN(C)C1.Cl.O=S(=O)([O-])C(F)(F)C(F)F.O=S(=O)([O-])C(F)(F)C(F)F.[Cl-].[K+].[K+]. The summed E-state index contributed by atoms with van der Waals surface area (Å²) in [5, 5.41) is -11.0. The van der Waals surface area contributed by atoms with Gasteiger partial charge in [-0.2, -0.15) is 17.6 Å². The monoisotopic (exact) mass is 797 g/mol. The van der Waals surface area contributed by atoms with Crippen molar-refractivity contribution in [1.29, 1.82) is 0 Å². The van der Waals surface area contributed by atoms with Crippen LogP contribution in [0.15, 0.2) is 0 Å². The largest absolute Gasteiger partial charge is 1.00 e. The fourth-order valence-electron chi connectivity index (χ4n) is 2.32. The zero-order valence-electron chi connectivity index (χ0n) is 25.6. The normalized spacial score (nSPS) is 16.0. The minimum Gasteiger partial charge on any atom is -1.00 e. The van der Waals surface area contributed by atoms with Gasteiger partial charge in [-0.15, -0.1) is 12.4 Å². The van der Waals surface area contributed by atoms with Crippen LogP contribution in [0.1, 0.15) is 27.7 Å². The topological polar surface area (TPSA) is 144 Å². The van der Waals surface area contributed by atoms with E-state index < -0.39 is 43.6 Å². The molecule has 0 aliphatic carbocycles. The second-order valence-corrected chi connectivity index (χ2v) is 11.3. The number of ketones is 1. The summed E-state index contributed by atoms with van der Waals surface area (Å²) in [4.78, 5) is 19.0. The van der Waals surface area contributed by atoms with Crippen LogP contribution in [0.25, 0.3) is 0 Å². The first-order valence-electron chi connectivity index (χ1n) is 11.3. The standard InChI is InChI=1S/2C6H14N2.C3H6O.2C2H2F4O3S.2ClH.2K/c2*1-3-8-5-4-7(2)6-8;1-3(2)4;2*3-1(4)2(5,6)10(7,8)9;;;;/h2*3-6H2,1-2H3;1-2H3;2*1H,(H,7,8,9);2*1H;;/q;;;;;;;2*+1/p-3. The van der Waals surface area contributed by atoms with Crippen LogP contribution in [-0.4, -0.2) is 141 Å². The number of hydrogen-bond donors (Lipinski definition) is 0. The van der Waals surface area contributed by atoms with Gasteiger partial charge in [0.1, 0.15) is 5.78 Å². The number of halogens is 10. The van der Waals surface area contributed by atoms with Gasteiger partial charge in [0.05, 0.1) is 13.3 Å². The van der Waals surface area contributed by atoms with Gasteiger partial charge in [-0.05, 0) is 41.0 Å². The number of Topliss-reactive ketones (excluding diaryl/α,β-unsaturated/α-hetero) is 1. The Morgan fingerprint density at radius 3 is 0.955 bits per heavy atom. The molecule has 25 heteroatoms. The predicted molar refractivity (Wildman–Crippen MR) is 134 cm³/mol. The second kappa shape index (κ2) is 29.4. The summed E-state index contributed by atoms with van der Waals surface area (Å²) in [6.45, 7) is 17.2. The van der Waals surface area contributed by atoms with Gasteiger partial charge in [0, 0.05) is 26.2 Å². The van der Waals surface area contributed by atoms with Gasteiger partial charge in [0.2, 0.25) is 0 Å². The van der Waals surface area contributed by atoms with Gasteiger partial charge >= 0.3 is 126 Å². The van der Waals surface area contributed by atoms with Crippen molar-refractivity contribution in [2.24, 2.45) is 0 Å². The quantitative estimate of drug-likeness (QED) is 0.144. The number of carbonyl (C=O) groups is 1. The van der Waals surface area contributed by atoms with Gasteiger partial charge in [-0.25, -0.2) is 34.4 Å². The molecule has 2 aliphatic rings. The first-order chi connectivity index (χ1) is 17.8. The molecule has 0 aromatic heterocycles. The van der Waals surface area contributed by atoms with Crippen LogP contribution in [0, 0.1) is 0 Å². The summed E-state index contributed by atoms with van der Waals surface area (Å²) in [5.74, 6) is 0.167. The van der Waals surface area contributed by atoms with E-state index in [0.29, 0.717) is 0 Å². The van der Waals surface area contributed by atoms with E-state index in [4.69, 9.17) is 0 Å². The van der Waals surface area contributed by atoms with Crippen molar-refractivity contribution in [2.75, 3.05) is 66.7 Å². The summed E-state index contributed by atoms with van der Waals surface area (Å²) in [6.07, 6.45) is -8.95. The van der Waals surface area contributed by atoms with Crippen molar-refractivity contribution in [3.8, 4) is 0 Å². The molecule has 0 unspecified atom stereocenters. The van der Waals surface area contributed by atoms with Crippen LogP contribution >= 0.6 is 12.4 Å². The minimum atomic E-state index is -6.23. The average molecular weight is 799 g/mol. The number of alkyl halides is 8. The molecule has 2 saturated heterocycles. The number of likely N-dealkylation sites (N-methyl/N-ethyl adjacent to an activating group) is 4. The Hall–Kier alpha value is 2.62. The van der Waals surface area contributed by atoms with E-state index in [0.717, 1.165) is 13.3 Å². The predicted octanol–water partition coefficient (Wildman–Crippen LogP) is -6.77. The first-order valence-corrected chi connectivity index (χ1v) is 14.1. The molecule has 0 bridgehead atoms. The third-order valence-electron chi connectivity index (χ3n) is 4.55. The molecule has 2 fully saturated rings. The fraction of sp³-hybridized carbons (Fsp3) is 0.947. The molecule has 0 atom stereocenters. The van der Waals surface area contributed by atoms with Crippen LogP contribution in [0.3, 0.4) is 0 Å². The zero-order chi connectivity index (χ0) is 32.7. The van der Waals surface area contributed by atoms with Crippen LogP contribution in [0.4, 0.5) is 35.1 Å². The summed E-state index contributed by atoms with van der Waals surface area (Å²) in [7, 11) is -8.15. The Kier molecular flexibility index (Phi) is 41.2. The van der Waals surface area contributed by atoms with E-state index in [1.807, 2.05) is 0 Å². The molecular formula is C19H37Cl2F8K2N4O7S2-. The summed E-state index contributed by atoms with van der Waals surface area (Å²) in [6, 6.07) is 0. The van der Waals surface area contributed by atoms with E-state index in [1.165, 1.54) is 53.1 Å². The van der Waals surface area contributed by atoms with Gasteiger partial charge in [-0.1, -0.05) is 13.8 Å². The van der Waals surface area contributed by atoms with Crippen molar-refractivity contribution in [1.82, 2.24) is 19.6 Å². The Bertz CT molecular complexity index is 881. The molecule has 11 nitrogen and oxygen atoms in total. The first kappa shape index (κ1) is 61.8. The van der Waals surface area contributed by atoms with Gasteiger partial charge in [0.25, 0.3) is 0 Å². The molecule has 2 rings (SSSR count). The van der Waals surface area contributed by atoms with Gasteiger partial charge in [0.15, 0.2) is 20.2 Å². The Morgan fingerprint density at radius 2 is 0.909 bits per heavy atom. The third-order valence-corrected chi connectivity index (χ3v) is 6.24. The third kappa shape index (κ3) is 28.5. The maximum Gasteiger partial charge on any atom is 1.00 e. The van der Waals surface area contributed by atoms with Crippen molar-refractivity contribution >= 4 is 38.4 Å². The number of nitrogens with zero attached hydrogens (tertiary/aromatic N) is 4. The van der Waals surface area contributed by atoms with E-state index in [1.54, 1.807) is 0 Å². The molecule has 260 valence electrons. The average Bonchev–Trinajstić information content (AvgIpc) is 3.40. The van der Waals surface area contributed by atoms with Crippen LogP contribution < -0.4 is 115 Å². The van der Waals surface area contributed by atoms with Crippen LogP contribution in [0.2, 0.25) is 0 Å². The molecule has 0 radical (unpaired) electrons. The van der Waals surface area contributed by atoms with Crippen molar-refractivity contribution in [2.45, 2.75) is 51.1 Å². The number of hydrogen-bond acceptors (Lipinski definition) is 11. The molecule has 0 N–H and O–H groups in total. The molecular weight excluding hydrogens is 761 g/mol. The van der Waals surface area contributed by atoms with Crippen molar-refractivity contribution < 1.29 is 181 Å². The Labute approximate surface area is 351 Å². The maximum absolute atomic E-state index is 11.4. The molecule has 2 heterocycles. The number of rotatable bonds is 6. The maximum atomic E-state index is 11.4. The van der Waals surface area contributed by atoms with Crippen molar-refractivity contribution in [3.63, 3.8) is 0 Å². The summed E-state index contributed by atoms with van der Waals surface area (Å²) >= 11 is 0. The van der Waals surface area contributed by atoms with E-state index in [-0.39, 0.29) is 133 Å². The Balaban J connectivity index is -0.0000000776. The molecule has 0 aromatic rings. The van der Waals surface area contributed by atoms with E-state index >= 15 is 0 Å². The Morgan fingerprint density at radius 1 is 0.705 bits per heavy atom. The van der Waals surface area contributed by atoms with Gasteiger partial charge < -0.3 is 26.3 Å². The second-order valence-electron chi connectivity index (χ2n) is 8.40. The number of carbonyl (C=O) groups excluding carboxylic acids is 1. The van der Waals surface area contributed by atoms with Gasteiger partial charge in [-0.3, -0.25) is 19.6 Å². The zero-order valence-corrected chi connectivity index (χ0v) is 35.0. The van der Waals surface area contributed by atoms with Crippen LogP contribution in [0.5, 0.6) is 0 Å².